The van der Waals surface area contributed by atoms with Crippen LogP contribution >= 0.6 is 11.6 Å². The third-order valence-corrected chi connectivity index (χ3v) is 4.85. The van der Waals surface area contributed by atoms with E-state index in [1.165, 1.54) is 24.3 Å². The number of halogens is 1. The van der Waals surface area contributed by atoms with E-state index in [9.17, 15) is 8.42 Å². The van der Waals surface area contributed by atoms with E-state index in [1.54, 1.807) is 25.3 Å². The molecule has 5 nitrogen and oxygen atoms in total. The molecule has 2 aromatic rings. The zero-order valence-corrected chi connectivity index (χ0v) is 15.3. The summed E-state index contributed by atoms with van der Waals surface area (Å²) in [6, 6.07) is 11.3. The van der Waals surface area contributed by atoms with Crippen LogP contribution in [-0.2, 0) is 16.6 Å². The molecule has 0 bridgehead atoms. The predicted molar refractivity (Wildman–Crippen MR) is 94.2 cm³/mol. The molecule has 0 heterocycles. The minimum atomic E-state index is -3.60. The number of hydrogen-bond acceptors (Lipinski definition) is 4. The Morgan fingerprint density at radius 1 is 1.08 bits per heavy atom. The lowest BCUT2D eigenvalue weighted by molar-refractivity contribution is 0.230. The molecule has 0 radical (unpaired) electrons. The summed E-state index contributed by atoms with van der Waals surface area (Å²) in [5, 5.41) is 0.486. The third kappa shape index (κ3) is 4.87. The van der Waals surface area contributed by atoms with Crippen LogP contribution in [0.15, 0.2) is 47.4 Å². The molecule has 0 aromatic heterocycles. The molecule has 2 rings (SSSR count). The zero-order valence-electron chi connectivity index (χ0n) is 13.7. The lowest BCUT2D eigenvalue weighted by Gasteiger charge is -2.15. The number of hydrogen-bond donors (Lipinski definition) is 1. The van der Waals surface area contributed by atoms with Crippen LogP contribution in [0.5, 0.6) is 11.5 Å². The minimum Gasteiger partial charge on any atom is -0.493 e. The molecular formula is C17H20ClNO4S. The molecule has 0 spiro atoms. The molecule has 130 valence electrons. The number of methoxy groups -OCH3 is 1. The molecule has 0 aliphatic rings. The van der Waals surface area contributed by atoms with E-state index in [4.69, 9.17) is 21.1 Å². The standard InChI is InChI=1S/C17H20ClNO4S/c1-12(2)23-16-9-4-13(10-17(16)22-3)11-19-24(20,21)15-7-5-14(18)6-8-15/h4-10,12,19H,11H2,1-3H3. The van der Waals surface area contributed by atoms with Crippen molar-refractivity contribution in [3.05, 3.63) is 53.1 Å². The summed E-state index contributed by atoms with van der Waals surface area (Å²) in [6.45, 7) is 3.99. The molecule has 2 aromatic carbocycles. The van der Waals surface area contributed by atoms with Gasteiger partial charge in [-0.1, -0.05) is 17.7 Å². The molecule has 0 aliphatic heterocycles. The van der Waals surface area contributed by atoms with Crippen molar-refractivity contribution in [3.8, 4) is 11.5 Å². The Labute approximate surface area is 147 Å². The second-order valence-corrected chi connectivity index (χ2v) is 7.63. The predicted octanol–water partition coefficient (Wildman–Crippen LogP) is 3.61. The molecule has 24 heavy (non-hydrogen) atoms. The van der Waals surface area contributed by atoms with E-state index in [0.29, 0.717) is 16.5 Å². The van der Waals surface area contributed by atoms with Crippen LogP contribution in [0.3, 0.4) is 0 Å². The van der Waals surface area contributed by atoms with Gasteiger partial charge in [-0.05, 0) is 55.8 Å². The average molecular weight is 370 g/mol. The second-order valence-electron chi connectivity index (χ2n) is 5.43. The Bertz CT molecular complexity index is 789. The van der Waals surface area contributed by atoms with E-state index < -0.39 is 10.0 Å². The van der Waals surface area contributed by atoms with Crippen molar-refractivity contribution in [1.29, 1.82) is 0 Å². The van der Waals surface area contributed by atoms with Gasteiger partial charge in [-0.3, -0.25) is 0 Å². The molecule has 7 heteroatoms. The van der Waals surface area contributed by atoms with Crippen molar-refractivity contribution in [3.63, 3.8) is 0 Å². The quantitative estimate of drug-likeness (QED) is 0.809. The van der Waals surface area contributed by atoms with Crippen molar-refractivity contribution < 1.29 is 17.9 Å². The van der Waals surface area contributed by atoms with E-state index in [1.807, 2.05) is 13.8 Å². The smallest absolute Gasteiger partial charge is 0.240 e. The highest BCUT2D eigenvalue weighted by atomic mass is 35.5. The van der Waals surface area contributed by atoms with Crippen LogP contribution in [0, 0.1) is 0 Å². The molecule has 0 amide bonds. The molecule has 0 saturated heterocycles. The van der Waals surface area contributed by atoms with Gasteiger partial charge >= 0.3 is 0 Å². The SMILES string of the molecule is COc1cc(CNS(=O)(=O)c2ccc(Cl)cc2)ccc1OC(C)C. The Morgan fingerprint density at radius 3 is 2.33 bits per heavy atom. The van der Waals surface area contributed by atoms with Crippen molar-refractivity contribution in [2.45, 2.75) is 31.4 Å². The zero-order chi connectivity index (χ0) is 17.7. The summed E-state index contributed by atoms with van der Waals surface area (Å²) in [6.07, 6.45) is 0.0214. The first-order valence-electron chi connectivity index (χ1n) is 7.40. The maximum Gasteiger partial charge on any atom is 0.240 e. The van der Waals surface area contributed by atoms with Gasteiger partial charge in [-0.25, -0.2) is 13.1 Å². The lowest BCUT2D eigenvalue weighted by Crippen LogP contribution is -2.23. The Balaban J connectivity index is 2.12. The molecule has 0 unspecified atom stereocenters. The van der Waals surface area contributed by atoms with Crippen LogP contribution in [0.1, 0.15) is 19.4 Å². The van der Waals surface area contributed by atoms with Gasteiger partial charge in [0.2, 0.25) is 10.0 Å². The van der Waals surface area contributed by atoms with Gasteiger partial charge in [0, 0.05) is 11.6 Å². The summed E-state index contributed by atoms with van der Waals surface area (Å²) in [4.78, 5) is 0.165. The Kier molecular flexibility index (Phi) is 6.10. The number of rotatable bonds is 7. The van der Waals surface area contributed by atoms with Crippen LogP contribution in [-0.4, -0.2) is 21.6 Å². The molecule has 0 atom stereocenters. The highest BCUT2D eigenvalue weighted by Crippen LogP contribution is 2.29. The molecule has 0 fully saturated rings. The summed E-state index contributed by atoms with van der Waals surface area (Å²) in [5.41, 5.74) is 0.764. The van der Waals surface area contributed by atoms with Gasteiger partial charge in [0.25, 0.3) is 0 Å². The minimum absolute atomic E-state index is 0.0214. The van der Waals surface area contributed by atoms with Crippen LogP contribution in [0.25, 0.3) is 0 Å². The van der Waals surface area contributed by atoms with Gasteiger partial charge in [-0.15, -0.1) is 0 Å². The second kappa shape index (κ2) is 7.88. The maximum atomic E-state index is 12.3. The van der Waals surface area contributed by atoms with Gasteiger partial charge in [0.05, 0.1) is 18.1 Å². The first kappa shape index (κ1) is 18.6. The van der Waals surface area contributed by atoms with Crippen LogP contribution < -0.4 is 14.2 Å². The summed E-state index contributed by atoms with van der Waals surface area (Å²) in [5.74, 6) is 1.18. The fraction of sp³-hybridized carbons (Fsp3) is 0.294. The normalized spacial score (nSPS) is 11.5. The third-order valence-electron chi connectivity index (χ3n) is 3.18. The van der Waals surface area contributed by atoms with E-state index in [2.05, 4.69) is 4.72 Å². The fourth-order valence-corrected chi connectivity index (χ4v) is 3.19. The van der Waals surface area contributed by atoms with Crippen LogP contribution in [0.4, 0.5) is 0 Å². The van der Waals surface area contributed by atoms with Gasteiger partial charge < -0.3 is 9.47 Å². The van der Waals surface area contributed by atoms with Crippen molar-refractivity contribution in [2.75, 3.05) is 7.11 Å². The topological polar surface area (TPSA) is 64.6 Å². The summed E-state index contributed by atoms with van der Waals surface area (Å²) in [7, 11) is -2.06. The maximum absolute atomic E-state index is 12.3. The molecule has 0 saturated carbocycles. The highest BCUT2D eigenvalue weighted by Gasteiger charge is 2.14. The Morgan fingerprint density at radius 2 is 1.75 bits per heavy atom. The molecule has 0 aliphatic carbocycles. The summed E-state index contributed by atoms with van der Waals surface area (Å²) < 4.78 is 38.0. The van der Waals surface area contributed by atoms with Gasteiger partial charge in [-0.2, -0.15) is 0 Å². The van der Waals surface area contributed by atoms with Gasteiger partial charge in [0.1, 0.15) is 0 Å². The highest BCUT2D eigenvalue weighted by molar-refractivity contribution is 7.89. The monoisotopic (exact) mass is 369 g/mol. The average Bonchev–Trinajstić information content (AvgIpc) is 2.54. The first-order valence-corrected chi connectivity index (χ1v) is 9.27. The largest absolute Gasteiger partial charge is 0.493 e. The fourth-order valence-electron chi connectivity index (χ4n) is 2.05. The Hall–Kier alpha value is -1.76. The van der Waals surface area contributed by atoms with E-state index >= 15 is 0 Å². The number of benzene rings is 2. The number of ether oxygens (including phenoxy) is 2. The lowest BCUT2D eigenvalue weighted by atomic mass is 10.2. The van der Waals surface area contributed by atoms with Crippen molar-refractivity contribution in [2.24, 2.45) is 0 Å². The first-order chi connectivity index (χ1) is 11.3. The molecular weight excluding hydrogens is 350 g/mol. The summed E-state index contributed by atoms with van der Waals surface area (Å²) >= 11 is 5.78. The number of nitrogens with one attached hydrogen (secondary N) is 1. The van der Waals surface area contributed by atoms with E-state index in [0.717, 1.165) is 5.56 Å². The van der Waals surface area contributed by atoms with Gasteiger partial charge in [0.15, 0.2) is 11.5 Å². The van der Waals surface area contributed by atoms with Crippen LogP contribution in [0.2, 0.25) is 5.02 Å². The van der Waals surface area contributed by atoms with Crippen molar-refractivity contribution in [1.82, 2.24) is 4.72 Å². The molecule has 1 N–H and O–H groups in total. The number of sulfonamides is 1. The van der Waals surface area contributed by atoms with E-state index in [-0.39, 0.29) is 17.5 Å². The van der Waals surface area contributed by atoms with Crippen molar-refractivity contribution >= 4 is 21.6 Å².